The Morgan fingerprint density at radius 1 is 1.33 bits per heavy atom. The predicted octanol–water partition coefficient (Wildman–Crippen LogP) is 2.45. The van der Waals surface area contributed by atoms with E-state index in [9.17, 15) is 9.59 Å². The van der Waals surface area contributed by atoms with Crippen molar-refractivity contribution in [3.05, 3.63) is 35.9 Å². The van der Waals surface area contributed by atoms with E-state index in [0.717, 1.165) is 0 Å². The molecule has 0 N–H and O–H groups in total. The van der Waals surface area contributed by atoms with Gasteiger partial charge in [-0.2, -0.15) is 0 Å². The number of ether oxygens (including phenoxy) is 1. The van der Waals surface area contributed by atoms with Crippen LogP contribution in [0.25, 0.3) is 0 Å². The normalized spacial score (nSPS) is 11.9. The molecule has 0 aliphatic rings. The first-order chi connectivity index (χ1) is 7.15. The monoisotopic (exact) mass is 226 g/mol. The van der Waals surface area contributed by atoms with Crippen LogP contribution in [0.3, 0.4) is 0 Å². The van der Waals surface area contributed by atoms with Crippen molar-refractivity contribution < 1.29 is 14.3 Å². The zero-order valence-corrected chi connectivity index (χ0v) is 9.03. The Morgan fingerprint density at radius 3 is 2.40 bits per heavy atom. The molecule has 0 aliphatic heterocycles. The second-order valence-corrected chi connectivity index (χ2v) is 3.31. The quantitative estimate of drug-likeness (QED) is 0.585. The molecule has 1 aromatic rings. The maximum atomic E-state index is 11.1. The molecule has 1 rings (SSSR count). The van der Waals surface area contributed by atoms with Gasteiger partial charge in [-0.05, 0) is 11.6 Å². The van der Waals surface area contributed by atoms with Gasteiger partial charge >= 0.3 is 5.97 Å². The number of rotatable bonds is 4. The summed E-state index contributed by atoms with van der Waals surface area (Å²) in [7, 11) is 0. The molecular weight excluding hydrogens is 216 g/mol. The van der Waals surface area contributed by atoms with Gasteiger partial charge in [0.15, 0.2) is 0 Å². The lowest BCUT2D eigenvalue weighted by molar-refractivity contribution is -0.152. The van der Waals surface area contributed by atoms with Crippen molar-refractivity contribution in [2.24, 2.45) is 0 Å². The fraction of sp³-hybridized carbons (Fsp3) is 0.273. The van der Waals surface area contributed by atoms with Crippen molar-refractivity contribution in [2.75, 3.05) is 0 Å². The van der Waals surface area contributed by atoms with Gasteiger partial charge in [0.25, 0.3) is 5.24 Å². The van der Waals surface area contributed by atoms with E-state index in [0.29, 0.717) is 5.56 Å². The highest BCUT2D eigenvalue weighted by atomic mass is 35.5. The van der Waals surface area contributed by atoms with E-state index < -0.39 is 17.3 Å². The van der Waals surface area contributed by atoms with Gasteiger partial charge in [0, 0.05) is 12.0 Å². The van der Waals surface area contributed by atoms with E-state index in [4.69, 9.17) is 16.3 Å². The molecule has 0 fully saturated rings. The average molecular weight is 227 g/mol. The second-order valence-electron chi connectivity index (χ2n) is 2.94. The van der Waals surface area contributed by atoms with Crippen molar-refractivity contribution >= 4 is 22.8 Å². The summed E-state index contributed by atoms with van der Waals surface area (Å²) < 4.78 is 4.93. The summed E-state index contributed by atoms with van der Waals surface area (Å²) in [6.07, 6.45) is -0.784. The summed E-state index contributed by atoms with van der Waals surface area (Å²) in [6, 6.07) is 8.69. The minimum absolute atomic E-state index is 0.216. The molecule has 0 unspecified atom stereocenters. The summed E-state index contributed by atoms with van der Waals surface area (Å²) in [5, 5.41) is -0.692. The molecular formula is C11H11ClO3. The van der Waals surface area contributed by atoms with Gasteiger partial charge in [-0.15, -0.1) is 0 Å². The van der Waals surface area contributed by atoms with Gasteiger partial charge in [0.05, 0.1) is 0 Å². The summed E-state index contributed by atoms with van der Waals surface area (Å²) in [5.74, 6) is -0.446. The smallest absolute Gasteiger partial charge is 0.306 e. The van der Waals surface area contributed by atoms with Crippen LogP contribution in [0, 0.1) is 0 Å². The van der Waals surface area contributed by atoms with E-state index in [2.05, 4.69) is 0 Å². The SMILES string of the molecule is CCC(=O)O[C@H](C(=O)Cl)c1ccccc1. The number of halogens is 1. The van der Waals surface area contributed by atoms with Crippen LogP contribution >= 0.6 is 11.6 Å². The largest absolute Gasteiger partial charge is 0.448 e. The minimum Gasteiger partial charge on any atom is -0.448 e. The zero-order valence-electron chi connectivity index (χ0n) is 8.27. The Balaban J connectivity index is 2.84. The molecule has 0 aliphatic carbocycles. The van der Waals surface area contributed by atoms with Crippen molar-refractivity contribution in [1.82, 2.24) is 0 Å². The first kappa shape index (κ1) is 11.7. The van der Waals surface area contributed by atoms with Crippen molar-refractivity contribution in [2.45, 2.75) is 19.4 Å². The Labute approximate surface area is 93.0 Å². The fourth-order valence-electron chi connectivity index (χ4n) is 1.09. The Kier molecular flexibility index (Phi) is 4.31. The first-order valence-corrected chi connectivity index (χ1v) is 4.96. The maximum Gasteiger partial charge on any atom is 0.306 e. The van der Waals surface area contributed by atoms with Crippen LogP contribution in [0.4, 0.5) is 0 Å². The molecule has 0 spiro atoms. The van der Waals surface area contributed by atoms with Gasteiger partial charge in [0.2, 0.25) is 6.10 Å². The third-order valence-electron chi connectivity index (χ3n) is 1.85. The standard InChI is InChI=1S/C11H11ClO3/c1-2-9(13)15-10(11(12)14)8-6-4-3-5-7-8/h3-7,10H,2H2,1H3/t10-/m0/s1. The molecule has 1 atom stereocenters. The molecule has 0 heterocycles. The molecule has 4 heteroatoms. The van der Waals surface area contributed by atoms with Crippen molar-refractivity contribution in [3.8, 4) is 0 Å². The molecule has 0 saturated carbocycles. The topological polar surface area (TPSA) is 43.4 Å². The molecule has 0 radical (unpaired) electrons. The lowest BCUT2D eigenvalue weighted by atomic mass is 10.1. The van der Waals surface area contributed by atoms with E-state index in [1.165, 1.54) is 0 Å². The molecule has 80 valence electrons. The van der Waals surface area contributed by atoms with Crippen LogP contribution in [-0.4, -0.2) is 11.2 Å². The molecule has 0 bridgehead atoms. The van der Waals surface area contributed by atoms with Crippen LogP contribution in [0.1, 0.15) is 25.0 Å². The van der Waals surface area contributed by atoms with E-state index in [1.807, 2.05) is 0 Å². The van der Waals surface area contributed by atoms with E-state index in [1.54, 1.807) is 37.3 Å². The lowest BCUT2D eigenvalue weighted by Gasteiger charge is -2.13. The van der Waals surface area contributed by atoms with Gasteiger partial charge in [-0.3, -0.25) is 9.59 Å². The van der Waals surface area contributed by atoms with Crippen molar-refractivity contribution in [1.29, 1.82) is 0 Å². The van der Waals surface area contributed by atoms with Crippen molar-refractivity contribution in [3.63, 3.8) is 0 Å². The van der Waals surface area contributed by atoms with E-state index >= 15 is 0 Å². The van der Waals surface area contributed by atoms with Gasteiger partial charge in [-0.25, -0.2) is 0 Å². The highest BCUT2D eigenvalue weighted by Gasteiger charge is 2.22. The summed E-state index contributed by atoms with van der Waals surface area (Å²) in [4.78, 5) is 22.2. The number of benzene rings is 1. The third kappa shape index (κ3) is 3.36. The average Bonchev–Trinajstić information content (AvgIpc) is 2.26. The van der Waals surface area contributed by atoms with Gasteiger partial charge in [0.1, 0.15) is 0 Å². The fourth-order valence-corrected chi connectivity index (χ4v) is 1.26. The summed E-state index contributed by atoms with van der Waals surface area (Å²) in [6.45, 7) is 1.66. The predicted molar refractivity (Wildman–Crippen MR) is 56.4 cm³/mol. The minimum atomic E-state index is -1.000. The van der Waals surface area contributed by atoms with Crippen LogP contribution in [0.2, 0.25) is 0 Å². The van der Waals surface area contributed by atoms with Crippen LogP contribution in [-0.2, 0) is 14.3 Å². The number of carbonyl (C=O) groups excluding carboxylic acids is 2. The second kappa shape index (κ2) is 5.51. The van der Waals surface area contributed by atoms with Gasteiger partial charge in [-0.1, -0.05) is 37.3 Å². The summed E-state index contributed by atoms with van der Waals surface area (Å²) >= 11 is 5.36. The summed E-state index contributed by atoms with van der Waals surface area (Å²) in [5.41, 5.74) is 0.583. The molecule has 15 heavy (non-hydrogen) atoms. The molecule has 0 aromatic heterocycles. The molecule has 3 nitrogen and oxygen atoms in total. The number of hydrogen-bond acceptors (Lipinski definition) is 3. The highest BCUT2D eigenvalue weighted by Crippen LogP contribution is 2.20. The van der Waals surface area contributed by atoms with E-state index in [-0.39, 0.29) is 6.42 Å². The highest BCUT2D eigenvalue weighted by molar-refractivity contribution is 6.64. The van der Waals surface area contributed by atoms with Crippen LogP contribution in [0.15, 0.2) is 30.3 Å². The number of hydrogen-bond donors (Lipinski definition) is 0. The molecule has 0 amide bonds. The Bertz CT molecular complexity index is 348. The third-order valence-corrected chi connectivity index (χ3v) is 2.04. The van der Waals surface area contributed by atoms with Gasteiger partial charge < -0.3 is 4.74 Å². The first-order valence-electron chi connectivity index (χ1n) is 4.59. The zero-order chi connectivity index (χ0) is 11.3. The number of esters is 1. The Hall–Kier alpha value is -1.35. The maximum absolute atomic E-state index is 11.1. The lowest BCUT2D eigenvalue weighted by Crippen LogP contribution is -2.15. The van der Waals surface area contributed by atoms with Crippen LogP contribution < -0.4 is 0 Å². The Morgan fingerprint density at radius 2 is 1.93 bits per heavy atom. The molecule has 1 aromatic carbocycles. The van der Waals surface area contributed by atoms with Crippen LogP contribution in [0.5, 0.6) is 0 Å². The number of carbonyl (C=O) groups is 2. The molecule has 0 saturated heterocycles.